The Morgan fingerprint density at radius 3 is 2.67 bits per heavy atom. The molecule has 21 heavy (non-hydrogen) atoms. The lowest BCUT2D eigenvalue weighted by Crippen LogP contribution is -2.19. The van der Waals surface area contributed by atoms with E-state index in [2.05, 4.69) is 0 Å². The van der Waals surface area contributed by atoms with Gasteiger partial charge < -0.3 is 9.47 Å². The van der Waals surface area contributed by atoms with Crippen LogP contribution in [-0.4, -0.2) is 33.7 Å². The van der Waals surface area contributed by atoms with E-state index in [0.29, 0.717) is 19.1 Å². The molecule has 1 fully saturated rings. The van der Waals surface area contributed by atoms with Crippen LogP contribution in [0.4, 0.5) is 8.78 Å². The van der Waals surface area contributed by atoms with Crippen LogP contribution in [0.1, 0.15) is 23.2 Å². The van der Waals surface area contributed by atoms with Gasteiger partial charge in [0.25, 0.3) is 9.05 Å². The average Bonchev–Trinajstić information content (AvgIpc) is 2.87. The third-order valence-electron chi connectivity index (χ3n) is 2.93. The molecule has 1 saturated heterocycles. The second-order valence-electron chi connectivity index (χ2n) is 4.43. The van der Waals surface area contributed by atoms with Crippen molar-refractivity contribution in [3.05, 3.63) is 29.3 Å². The monoisotopic (exact) mass is 340 g/mol. The van der Waals surface area contributed by atoms with Gasteiger partial charge in [0.05, 0.1) is 11.7 Å². The molecule has 1 aliphatic rings. The minimum atomic E-state index is -4.44. The fourth-order valence-electron chi connectivity index (χ4n) is 1.89. The zero-order valence-corrected chi connectivity index (χ0v) is 12.2. The Labute approximate surface area is 124 Å². The van der Waals surface area contributed by atoms with Crippen LogP contribution in [0.3, 0.4) is 0 Å². The highest BCUT2D eigenvalue weighted by molar-refractivity contribution is 8.13. The van der Waals surface area contributed by atoms with E-state index < -0.39 is 37.1 Å². The molecule has 1 aliphatic heterocycles. The highest BCUT2D eigenvalue weighted by Gasteiger charge is 2.24. The van der Waals surface area contributed by atoms with E-state index in [0.717, 1.165) is 6.42 Å². The quantitative estimate of drug-likeness (QED) is 0.621. The smallest absolute Gasteiger partial charge is 0.341 e. The molecule has 1 unspecified atom stereocenters. The van der Waals surface area contributed by atoms with Crippen LogP contribution < -0.4 is 0 Å². The maximum absolute atomic E-state index is 13.6. The minimum absolute atomic E-state index is 0.0847. The fraction of sp³-hybridized carbons (Fsp3) is 0.417. The summed E-state index contributed by atoms with van der Waals surface area (Å²) in [5.41, 5.74) is -0.700. The molecule has 0 amide bonds. The molecule has 1 atom stereocenters. The third kappa shape index (κ3) is 3.90. The van der Waals surface area contributed by atoms with E-state index in [4.69, 9.17) is 20.2 Å². The van der Waals surface area contributed by atoms with Crippen molar-refractivity contribution >= 4 is 25.7 Å². The van der Waals surface area contributed by atoms with Gasteiger partial charge in [-0.25, -0.2) is 22.0 Å². The summed E-state index contributed by atoms with van der Waals surface area (Å²) in [6.45, 7) is 0.473. The molecule has 0 aliphatic carbocycles. The minimum Gasteiger partial charge on any atom is -0.459 e. The van der Waals surface area contributed by atoms with Crippen molar-refractivity contribution in [3.63, 3.8) is 0 Å². The molecule has 0 N–H and O–H groups in total. The number of ether oxygens (including phenoxy) is 2. The van der Waals surface area contributed by atoms with Crippen molar-refractivity contribution in [1.82, 2.24) is 0 Å². The summed E-state index contributed by atoms with van der Waals surface area (Å²) in [6.07, 6.45) is 1.27. The number of carbonyl (C=O) groups is 1. The lowest BCUT2D eigenvalue weighted by Gasteiger charge is -2.11. The molecule has 1 aromatic carbocycles. The summed E-state index contributed by atoms with van der Waals surface area (Å²) in [7, 11) is 0.572. The Morgan fingerprint density at radius 1 is 1.38 bits per heavy atom. The van der Waals surface area contributed by atoms with Crippen LogP contribution in [0.5, 0.6) is 0 Å². The Kier molecular flexibility index (Phi) is 4.80. The normalized spacial score (nSPS) is 18.7. The Hall–Kier alpha value is -1.25. The third-order valence-corrected chi connectivity index (χ3v) is 4.27. The maximum atomic E-state index is 13.6. The average molecular weight is 341 g/mol. The number of halogens is 3. The first-order valence-electron chi connectivity index (χ1n) is 6.01. The van der Waals surface area contributed by atoms with Gasteiger partial charge in [-0.1, -0.05) is 0 Å². The molecule has 0 aromatic heterocycles. The van der Waals surface area contributed by atoms with Crippen molar-refractivity contribution in [2.45, 2.75) is 23.8 Å². The van der Waals surface area contributed by atoms with Crippen molar-refractivity contribution in [3.8, 4) is 0 Å². The van der Waals surface area contributed by atoms with Gasteiger partial charge in [-0.3, -0.25) is 0 Å². The first-order valence-corrected chi connectivity index (χ1v) is 8.32. The summed E-state index contributed by atoms with van der Waals surface area (Å²) < 4.78 is 59.2. The highest BCUT2D eigenvalue weighted by atomic mass is 35.7. The van der Waals surface area contributed by atoms with E-state index in [1.807, 2.05) is 0 Å². The molecular weight excluding hydrogens is 330 g/mol. The number of benzene rings is 1. The predicted molar refractivity (Wildman–Crippen MR) is 68.7 cm³/mol. The van der Waals surface area contributed by atoms with Gasteiger partial charge in [0.1, 0.15) is 23.1 Å². The number of hydrogen-bond acceptors (Lipinski definition) is 5. The van der Waals surface area contributed by atoms with E-state index in [1.54, 1.807) is 0 Å². The summed E-state index contributed by atoms with van der Waals surface area (Å²) in [5, 5.41) is 0. The fourth-order valence-corrected chi connectivity index (χ4v) is 2.80. The van der Waals surface area contributed by atoms with Crippen LogP contribution in [0.2, 0.25) is 0 Å². The van der Waals surface area contributed by atoms with Gasteiger partial charge in [-0.2, -0.15) is 0 Å². The summed E-state index contributed by atoms with van der Waals surface area (Å²) in [6, 6.07) is 0.794. The standard InChI is InChI=1S/C12H11ClF2O5S/c13-21(17,18)11-4-8(9(14)5-10(11)15)12(16)20-6-7-2-1-3-19-7/h4-5,7H,1-3,6H2. The van der Waals surface area contributed by atoms with Gasteiger partial charge >= 0.3 is 5.97 Å². The Morgan fingerprint density at radius 2 is 2.10 bits per heavy atom. The number of rotatable bonds is 4. The van der Waals surface area contributed by atoms with E-state index in [9.17, 15) is 22.0 Å². The Balaban J connectivity index is 2.20. The Bertz CT molecular complexity index is 656. The van der Waals surface area contributed by atoms with Crippen LogP contribution in [0.25, 0.3) is 0 Å². The zero-order chi connectivity index (χ0) is 15.6. The van der Waals surface area contributed by atoms with Crippen LogP contribution in [0, 0.1) is 11.6 Å². The maximum Gasteiger partial charge on any atom is 0.341 e. The molecule has 0 bridgehead atoms. The van der Waals surface area contributed by atoms with Gasteiger partial charge in [0.2, 0.25) is 0 Å². The molecule has 116 valence electrons. The van der Waals surface area contributed by atoms with Gasteiger partial charge in [-0.05, 0) is 18.9 Å². The second-order valence-corrected chi connectivity index (χ2v) is 6.97. The number of hydrogen-bond donors (Lipinski definition) is 0. The molecule has 9 heteroatoms. The summed E-state index contributed by atoms with van der Waals surface area (Å²) in [4.78, 5) is 10.8. The summed E-state index contributed by atoms with van der Waals surface area (Å²) >= 11 is 0. The molecule has 1 aromatic rings. The van der Waals surface area contributed by atoms with E-state index in [-0.39, 0.29) is 18.8 Å². The number of carbonyl (C=O) groups excluding carboxylic acids is 1. The zero-order valence-electron chi connectivity index (χ0n) is 10.6. The van der Waals surface area contributed by atoms with Crippen molar-refractivity contribution in [2.24, 2.45) is 0 Å². The molecule has 5 nitrogen and oxygen atoms in total. The molecule has 2 rings (SSSR count). The topological polar surface area (TPSA) is 69.7 Å². The van der Waals surface area contributed by atoms with Gasteiger partial charge in [-0.15, -0.1) is 0 Å². The van der Waals surface area contributed by atoms with Gasteiger partial charge in [0, 0.05) is 23.4 Å². The molecule has 0 saturated carbocycles. The first-order chi connectivity index (χ1) is 9.79. The van der Waals surface area contributed by atoms with Crippen LogP contribution >= 0.6 is 10.7 Å². The van der Waals surface area contributed by atoms with Gasteiger partial charge in [0.15, 0.2) is 0 Å². The lowest BCUT2D eigenvalue weighted by atomic mass is 10.2. The van der Waals surface area contributed by atoms with Crippen molar-refractivity contribution in [1.29, 1.82) is 0 Å². The number of esters is 1. The molecule has 1 heterocycles. The van der Waals surface area contributed by atoms with E-state index >= 15 is 0 Å². The van der Waals surface area contributed by atoms with Crippen LogP contribution in [0.15, 0.2) is 17.0 Å². The predicted octanol–water partition coefficient (Wildman–Crippen LogP) is 2.23. The largest absolute Gasteiger partial charge is 0.459 e. The molecule has 0 spiro atoms. The summed E-state index contributed by atoms with van der Waals surface area (Å²) in [5.74, 6) is -3.71. The van der Waals surface area contributed by atoms with Crippen molar-refractivity contribution < 1.29 is 31.5 Å². The first kappa shape index (κ1) is 16.1. The lowest BCUT2D eigenvalue weighted by molar-refractivity contribution is 0.0157. The highest BCUT2D eigenvalue weighted by Crippen LogP contribution is 2.23. The second kappa shape index (κ2) is 6.25. The molecular formula is C12H11ClF2O5S. The van der Waals surface area contributed by atoms with E-state index in [1.165, 1.54) is 0 Å². The molecule has 0 radical (unpaired) electrons. The van der Waals surface area contributed by atoms with Crippen LogP contribution in [-0.2, 0) is 18.5 Å². The SMILES string of the molecule is O=C(OCC1CCCO1)c1cc(S(=O)(=O)Cl)c(F)cc1F. The van der Waals surface area contributed by atoms with Crippen molar-refractivity contribution in [2.75, 3.05) is 13.2 Å².